The molecule has 6 nitrogen and oxygen atoms in total. The van der Waals surface area contributed by atoms with E-state index >= 15 is 0 Å². The predicted octanol–water partition coefficient (Wildman–Crippen LogP) is 4.73. The first-order valence-corrected chi connectivity index (χ1v) is 11.0. The maximum Gasteiger partial charge on any atom is 0.491 e. The molecule has 0 bridgehead atoms. The number of ketones is 1. The van der Waals surface area contributed by atoms with Crippen molar-refractivity contribution in [2.75, 3.05) is 25.5 Å². The van der Waals surface area contributed by atoms with E-state index in [9.17, 15) is 27.6 Å². The average molecular weight is 486 g/mol. The largest absolute Gasteiger partial charge is 0.491 e. The Morgan fingerprint density at radius 3 is 2.00 bits per heavy atom. The number of hydrogen-bond acceptors (Lipinski definition) is 6. The summed E-state index contributed by atoms with van der Waals surface area (Å²) in [5, 5.41) is 3.51. The molecule has 3 rings (SSSR count). The summed E-state index contributed by atoms with van der Waals surface area (Å²) in [6, 6.07) is 14.3. The molecule has 1 fully saturated rings. The zero-order valence-electron chi connectivity index (χ0n) is 19.0. The van der Waals surface area contributed by atoms with Crippen LogP contribution in [0.15, 0.2) is 60.7 Å². The molecule has 1 N–H and O–H groups in total. The molecule has 0 saturated carbocycles. The van der Waals surface area contributed by atoms with Crippen molar-refractivity contribution in [3.8, 4) is 0 Å². The minimum Gasteiger partial charge on any atom is -0.383 e. The number of esters is 2. The number of anilines is 1. The first kappa shape index (κ1) is 25.9. The van der Waals surface area contributed by atoms with E-state index in [0.29, 0.717) is 22.7 Å². The lowest BCUT2D eigenvalue weighted by Gasteiger charge is -2.30. The smallest absolute Gasteiger partial charge is 0.383 e. The second-order valence-corrected chi connectivity index (χ2v) is 8.20. The van der Waals surface area contributed by atoms with Gasteiger partial charge in [0.2, 0.25) is 0 Å². The lowest BCUT2D eigenvalue weighted by atomic mass is 10.0. The summed E-state index contributed by atoms with van der Waals surface area (Å²) in [7, 11) is 2.11. The monoisotopic (exact) mass is 486 g/mol. The van der Waals surface area contributed by atoms with Gasteiger partial charge in [-0.25, -0.2) is 9.59 Å². The topological polar surface area (TPSA) is 75.7 Å². The molecule has 0 amide bonds. The van der Waals surface area contributed by atoms with E-state index in [-0.39, 0.29) is 5.78 Å². The number of nitrogens with zero attached hydrogens (tertiary/aromatic N) is 1. The van der Waals surface area contributed by atoms with Crippen LogP contribution in [0.25, 0.3) is 12.2 Å². The summed E-state index contributed by atoms with van der Waals surface area (Å²) in [6.07, 6.45) is 1.95. The summed E-state index contributed by atoms with van der Waals surface area (Å²) in [5.74, 6) is -4.15. The number of halogens is 3. The van der Waals surface area contributed by atoms with E-state index in [1.807, 2.05) is 12.1 Å². The van der Waals surface area contributed by atoms with Crippen LogP contribution < -0.4 is 5.32 Å². The third-order valence-electron chi connectivity index (χ3n) is 5.46. The van der Waals surface area contributed by atoms with E-state index in [0.717, 1.165) is 37.7 Å². The molecule has 35 heavy (non-hydrogen) atoms. The average Bonchev–Trinajstić information content (AvgIpc) is 2.83. The van der Waals surface area contributed by atoms with Crippen LogP contribution in [0, 0.1) is 0 Å². The minimum absolute atomic E-state index is 0.156. The van der Waals surface area contributed by atoms with E-state index in [2.05, 4.69) is 22.0 Å². The van der Waals surface area contributed by atoms with Gasteiger partial charge in [0, 0.05) is 23.4 Å². The molecule has 1 heterocycles. The van der Waals surface area contributed by atoms with Crippen molar-refractivity contribution in [1.82, 2.24) is 4.90 Å². The van der Waals surface area contributed by atoms with Gasteiger partial charge in [0.25, 0.3) is 0 Å². The summed E-state index contributed by atoms with van der Waals surface area (Å²) in [4.78, 5) is 36.7. The highest BCUT2D eigenvalue weighted by molar-refractivity contribution is 6.07. The number of rotatable bonds is 7. The molecular formula is C26H25F3N2O4. The van der Waals surface area contributed by atoms with E-state index < -0.39 is 18.1 Å². The molecule has 0 radical (unpaired) electrons. The van der Waals surface area contributed by atoms with Crippen molar-refractivity contribution >= 4 is 35.6 Å². The first-order valence-electron chi connectivity index (χ1n) is 11.0. The predicted molar refractivity (Wildman–Crippen MR) is 127 cm³/mol. The Kier molecular flexibility index (Phi) is 8.59. The van der Waals surface area contributed by atoms with Gasteiger partial charge in [0.15, 0.2) is 5.78 Å². The van der Waals surface area contributed by atoms with Crippen LogP contribution in [0.1, 0.15) is 34.3 Å². The van der Waals surface area contributed by atoms with Crippen LogP contribution in [0.5, 0.6) is 0 Å². The van der Waals surface area contributed by atoms with Crippen molar-refractivity contribution in [2.24, 2.45) is 0 Å². The molecule has 184 valence electrons. The van der Waals surface area contributed by atoms with Gasteiger partial charge in [-0.05, 0) is 80.5 Å². The third kappa shape index (κ3) is 8.22. The fourth-order valence-corrected chi connectivity index (χ4v) is 3.45. The Labute approximate surface area is 201 Å². The number of nitrogens with one attached hydrogen (secondary N) is 1. The Balaban J connectivity index is 1.51. The first-order chi connectivity index (χ1) is 16.6. The molecule has 0 spiro atoms. The summed E-state index contributed by atoms with van der Waals surface area (Å²) in [5.41, 5.74) is 2.75. The van der Waals surface area contributed by atoms with Gasteiger partial charge in [0.1, 0.15) is 0 Å². The molecule has 2 aromatic carbocycles. The lowest BCUT2D eigenvalue weighted by molar-refractivity contribution is -0.200. The molecule has 0 atom stereocenters. The number of alkyl halides is 3. The van der Waals surface area contributed by atoms with Crippen molar-refractivity contribution in [3.63, 3.8) is 0 Å². The van der Waals surface area contributed by atoms with Gasteiger partial charge >= 0.3 is 18.1 Å². The molecule has 0 unspecified atom stereocenters. The number of hydrogen-bond donors (Lipinski definition) is 1. The van der Waals surface area contributed by atoms with E-state index in [1.165, 1.54) is 12.2 Å². The van der Waals surface area contributed by atoms with Crippen LogP contribution in [0.4, 0.5) is 18.9 Å². The standard InChI is InChI=1S/C26H25F3N2O4/c1-31-16-14-22(15-17-31)30-21-10-8-20(9-11-21)23(32)12-6-18-2-4-19(5-3-18)7-13-24(33)35-25(34)26(27,28)29/h2-13,22,30H,14-17H2,1H3/b12-6+,13-7+. The Hall–Kier alpha value is -3.72. The maximum atomic E-state index is 12.5. The minimum atomic E-state index is -5.24. The number of carbonyl (C=O) groups is 3. The molecular weight excluding hydrogens is 461 g/mol. The van der Waals surface area contributed by atoms with Gasteiger partial charge in [-0.15, -0.1) is 0 Å². The fourth-order valence-electron chi connectivity index (χ4n) is 3.45. The second-order valence-electron chi connectivity index (χ2n) is 8.20. The van der Waals surface area contributed by atoms with Gasteiger partial charge < -0.3 is 15.0 Å². The number of likely N-dealkylation sites (tertiary alicyclic amines) is 1. The van der Waals surface area contributed by atoms with Crippen LogP contribution in [0.2, 0.25) is 0 Å². The van der Waals surface area contributed by atoms with Gasteiger partial charge in [-0.3, -0.25) is 4.79 Å². The molecule has 9 heteroatoms. The molecule has 1 saturated heterocycles. The van der Waals surface area contributed by atoms with Crippen molar-refractivity contribution in [1.29, 1.82) is 0 Å². The van der Waals surface area contributed by atoms with Gasteiger partial charge in [-0.2, -0.15) is 13.2 Å². The Bertz CT molecular complexity index is 1100. The third-order valence-corrected chi connectivity index (χ3v) is 5.46. The highest BCUT2D eigenvalue weighted by atomic mass is 19.4. The molecule has 0 aromatic heterocycles. The number of piperidine rings is 1. The number of ether oxygens (including phenoxy) is 1. The fraction of sp³-hybridized carbons (Fsp3) is 0.269. The van der Waals surface area contributed by atoms with Crippen LogP contribution in [-0.4, -0.2) is 55.0 Å². The number of benzene rings is 2. The van der Waals surface area contributed by atoms with E-state index in [4.69, 9.17) is 0 Å². The highest BCUT2D eigenvalue weighted by Gasteiger charge is 2.42. The van der Waals surface area contributed by atoms with Crippen LogP contribution in [0.3, 0.4) is 0 Å². The molecule has 0 aliphatic carbocycles. The normalized spacial score (nSPS) is 15.4. The van der Waals surface area contributed by atoms with Crippen molar-refractivity contribution < 1.29 is 32.3 Å². The van der Waals surface area contributed by atoms with Crippen molar-refractivity contribution in [3.05, 3.63) is 77.4 Å². The number of allylic oxidation sites excluding steroid dienone is 1. The maximum absolute atomic E-state index is 12.5. The van der Waals surface area contributed by atoms with Gasteiger partial charge in [-0.1, -0.05) is 30.3 Å². The Morgan fingerprint density at radius 1 is 0.914 bits per heavy atom. The zero-order valence-corrected chi connectivity index (χ0v) is 19.0. The van der Waals surface area contributed by atoms with Crippen LogP contribution in [-0.2, 0) is 14.3 Å². The number of carbonyl (C=O) groups excluding carboxylic acids is 3. The lowest BCUT2D eigenvalue weighted by Crippen LogP contribution is -2.36. The summed E-state index contributed by atoms with van der Waals surface area (Å²) in [6.45, 7) is 2.12. The second kappa shape index (κ2) is 11.6. The molecule has 2 aromatic rings. The highest BCUT2D eigenvalue weighted by Crippen LogP contribution is 2.18. The molecule has 1 aliphatic rings. The summed E-state index contributed by atoms with van der Waals surface area (Å²) < 4.78 is 39.9. The van der Waals surface area contributed by atoms with E-state index in [1.54, 1.807) is 42.5 Å². The summed E-state index contributed by atoms with van der Waals surface area (Å²) >= 11 is 0. The zero-order chi connectivity index (χ0) is 25.4. The van der Waals surface area contributed by atoms with Crippen molar-refractivity contribution in [2.45, 2.75) is 25.1 Å². The quantitative estimate of drug-likeness (QED) is 0.264. The van der Waals surface area contributed by atoms with Gasteiger partial charge in [0.05, 0.1) is 0 Å². The van der Waals surface area contributed by atoms with Crippen LogP contribution >= 0.6 is 0 Å². The SMILES string of the molecule is CN1CCC(Nc2ccc(C(=O)/C=C/c3ccc(/C=C/C(=O)OC(=O)C(F)(F)F)cc3)cc2)CC1. The molecule has 1 aliphatic heterocycles. The Morgan fingerprint density at radius 2 is 1.46 bits per heavy atom.